The van der Waals surface area contributed by atoms with E-state index in [0.717, 1.165) is 112 Å². The van der Waals surface area contributed by atoms with Gasteiger partial charge in [0, 0.05) is 141 Å². The van der Waals surface area contributed by atoms with Crippen LogP contribution in [-0.4, -0.2) is 215 Å². The fourth-order valence-electron chi connectivity index (χ4n) is 19.5. The number of carbonyl (C=O) groups excluding carboxylic acids is 10. The average Bonchev–Trinajstić information content (AvgIpc) is 0.794. The van der Waals surface area contributed by atoms with E-state index in [1.165, 1.54) is 23.8 Å². The normalized spacial score (nSPS) is 17.8. The molecule has 9 heterocycles. The third-order valence-electron chi connectivity index (χ3n) is 28.3. The van der Waals surface area contributed by atoms with E-state index in [0.29, 0.717) is 179 Å². The summed E-state index contributed by atoms with van der Waals surface area (Å²) in [6.45, 7) is 16.4. The van der Waals surface area contributed by atoms with Gasteiger partial charge in [-0.25, -0.2) is 19.2 Å². The summed E-state index contributed by atoms with van der Waals surface area (Å²) in [4.78, 5) is 145. The molecular formula is C116H132ClF3N14O16. The molecule has 9 aliphatic heterocycles. The molecular weight excluding hydrogens is 1940 g/mol. The van der Waals surface area contributed by atoms with E-state index in [2.05, 4.69) is 60.3 Å². The third-order valence-corrected chi connectivity index (χ3v) is 28.5. The van der Waals surface area contributed by atoms with Crippen molar-refractivity contribution in [1.29, 1.82) is 0 Å². The van der Waals surface area contributed by atoms with Gasteiger partial charge in [0.25, 0.3) is 0 Å². The van der Waals surface area contributed by atoms with Crippen LogP contribution < -0.4 is 74.6 Å². The highest BCUT2D eigenvalue weighted by molar-refractivity contribution is 6.31. The second-order valence-electron chi connectivity index (χ2n) is 38.2. The van der Waals surface area contributed by atoms with Gasteiger partial charge in [-0.05, 0) is 241 Å². The first-order chi connectivity index (χ1) is 72.7. The Labute approximate surface area is 878 Å². The van der Waals surface area contributed by atoms with Crippen molar-refractivity contribution in [3.63, 3.8) is 0 Å². The zero-order valence-electron chi connectivity index (χ0n) is 85.5. The van der Waals surface area contributed by atoms with Crippen LogP contribution in [0.2, 0.25) is 5.02 Å². The van der Waals surface area contributed by atoms with Crippen molar-refractivity contribution in [3.05, 3.63) is 277 Å². The maximum atomic E-state index is 13.3. The number of alkyl halides is 3. The summed E-state index contributed by atoms with van der Waals surface area (Å²) < 4.78 is 72.4. The standard InChI is InChI=1S/C25H31N3O3.C24H29N3O4.C23H26ClN3O3.C22H21F3N2O2.C22H25N3O4/c1-3-18-8-7-9-20(16-18)26-24(29)19-12-14-27(15-13-19)25(30)28-17-21(4-2)31-23-11-6-5-10-22(23)28;1-3-19-16-27(21-9-4-5-10-22(21)31-19)24(29)26-13-11-17(12-14-26)23(28)25-18-7-6-8-20(15-18)30-2;1-2-19-15-27(20-8-3-4-9-21(20)30-19)23(29)26-12-10-16(11-13-26)22(28)25-18-7-5-6-17(24)14-18;23-22(24,25)18-7-4-8-19(15-18)26-21(29)17-11-13-27(14-12-17)20(28)10-9-16-5-2-1-3-6-16;1-28-18-8-6-17(7-9-18)23-21(26)16-10-12-24(13-11-16)22(27)25-14-15-29-20-5-3-2-4-19(20)25/h5-11,16,19,21H,3-4,12-15,17H2,1-2H3,(H,26,29);4-10,15,17,19H,3,11-14,16H2,1-2H3,(H,25,28);3-9,14,16,19H,2,10-13,15H2,1H3,(H,25,28);1-10,15,17H,11-14H2,(H,26,29);2-9,16H,10-15H2,1H3,(H,23,26)/b;;;10-9+;. The molecule has 0 bridgehead atoms. The maximum absolute atomic E-state index is 13.3. The van der Waals surface area contributed by atoms with E-state index < -0.39 is 11.7 Å². The zero-order chi connectivity index (χ0) is 106. The molecule has 10 aromatic rings. The number of rotatable bonds is 18. The largest absolute Gasteiger partial charge is 0.497 e. The number of benzene rings is 10. The highest BCUT2D eigenvalue weighted by atomic mass is 35.5. The molecule has 10 aromatic carbocycles. The summed E-state index contributed by atoms with van der Waals surface area (Å²) in [7, 11) is 3.21. The van der Waals surface area contributed by atoms with Gasteiger partial charge in [0.05, 0.1) is 68.7 Å². The summed E-state index contributed by atoms with van der Waals surface area (Å²) in [5, 5.41) is 15.1. The van der Waals surface area contributed by atoms with Crippen LogP contribution in [0.25, 0.3) is 6.08 Å². The fourth-order valence-corrected chi connectivity index (χ4v) is 19.7. The van der Waals surface area contributed by atoms with Crippen molar-refractivity contribution in [2.24, 2.45) is 29.6 Å². The highest BCUT2D eigenvalue weighted by Gasteiger charge is 2.41. The van der Waals surface area contributed by atoms with Crippen molar-refractivity contribution < 1.29 is 89.5 Å². The first-order valence-electron chi connectivity index (χ1n) is 51.8. The van der Waals surface area contributed by atoms with Crippen molar-refractivity contribution >= 4 is 128 Å². The Morgan fingerprint density at radius 2 is 0.687 bits per heavy atom. The van der Waals surface area contributed by atoms with Crippen molar-refractivity contribution in [3.8, 4) is 34.5 Å². The fraction of sp³-hybridized carbons (Fsp3) is 0.379. The lowest BCUT2D eigenvalue weighted by Crippen LogP contribution is -2.52. The number of amides is 14. The van der Waals surface area contributed by atoms with Crippen LogP contribution in [0, 0.1) is 29.6 Å². The molecule has 14 amide bonds. The summed E-state index contributed by atoms with van der Waals surface area (Å²) in [6.07, 6.45) is 8.40. The number of urea groups is 4. The number of hydrogen-bond acceptors (Lipinski definition) is 16. The molecule has 5 N–H and O–H groups in total. The minimum absolute atomic E-state index is 0.000941. The SMILES string of the molecule is CCC1CN(C(=O)N2CCC(C(=O)Nc3cccc(Cl)c3)CC2)c2ccccc2O1.CCC1CN(C(=O)N2CCC(C(=O)Nc3cccc(OC)c3)CC2)c2ccccc2O1.CCc1cccc(NC(=O)C2CCN(C(=O)N3CC(CC)Oc4ccccc43)CC2)c1.COc1ccc(NC(=O)C2CCN(C(=O)N3CCOc4ccccc43)CC2)cc1.O=C(Nc1cccc(C(F)(F)F)c1)C1CCN(C(=O)/C=C/c2ccccc2)CC1. The second kappa shape index (κ2) is 52.5. The Morgan fingerprint density at radius 1 is 0.347 bits per heavy atom. The minimum atomic E-state index is -4.46. The van der Waals surface area contributed by atoms with E-state index >= 15 is 0 Å². The Hall–Kier alpha value is -15.3. The Kier molecular flexibility index (Phi) is 38.2. The van der Waals surface area contributed by atoms with Crippen LogP contribution in [0.3, 0.4) is 0 Å². The predicted octanol–water partition coefficient (Wildman–Crippen LogP) is 21.6. The molecule has 0 radical (unpaired) electrons. The molecule has 0 aromatic heterocycles. The number of anilines is 9. The summed E-state index contributed by atoms with van der Waals surface area (Å²) >= 11 is 5.99. The maximum Gasteiger partial charge on any atom is 0.416 e. The molecule has 0 spiro atoms. The van der Waals surface area contributed by atoms with E-state index in [1.54, 1.807) is 48.3 Å². The van der Waals surface area contributed by atoms with Gasteiger partial charge in [-0.1, -0.05) is 148 Å². The van der Waals surface area contributed by atoms with Crippen LogP contribution in [0.4, 0.5) is 83.5 Å². The monoisotopic (exact) mass is 2070 g/mol. The van der Waals surface area contributed by atoms with Crippen molar-refractivity contribution in [1.82, 2.24) is 24.5 Å². The van der Waals surface area contributed by atoms with Gasteiger partial charge >= 0.3 is 30.3 Å². The summed E-state index contributed by atoms with van der Waals surface area (Å²) in [5.41, 5.74) is 7.72. The number of halogens is 4. The quantitative estimate of drug-likeness (QED) is 0.0499. The molecule has 5 saturated heterocycles. The van der Waals surface area contributed by atoms with Crippen LogP contribution in [0.1, 0.15) is 128 Å². The second-order valence-corrected chi connectivity index (χ2v) is 38.7. The van der Waals surface area contributed by atoms with Gasteiger partial charge in [0.1, 0.15) is 59.4 Å². The number of para-hydroxylation sites is 8. The van der Waals surface area contributed by atoms with Crippen LogP contribution in [0.15, 0.2) is 255 Å². The van der Waals surface area contributed by atoms with Gasteiger partial charge in [-0.15, -0.1) is 0 Å². The number of likely N-dealkylation sites (tertiary alicyclic amines) is 5. The molecule has 0 saturated carbocycles. The lowest BCUT2D eigenvalue weighted by Gasteiger charge is -2.39. The molecule has 5 fully saturated rings. The lowest BCUT2D eigenvalue weighted by molar-refractivity contribution is -0.137. The van der Waals surface area contributed by atoms with Gasteiger partial charge < -0.3 is 79.5 Å². The number of methoxy groups -OCH3 is 2. The van der Waals surface area contributed by atoms with Crippen LogP contribution in [0.5, 0.6) is 34.5 Å². The molecule has 19 rings (SSSR count). The van der Waals surface area contributed by atoms with Crippen molar-refractivity contribution in [2.45, 2.75) is 142 Å². The smallest absolute Gasteiger partial charge is 0.416 e. The van der Waals surface area contributed by atoms with Crippen LogP contribution in [-0.2, 0) is 41.4 Å². The van der Waals surface area contributed by atoms with E-state index in [4.69, 9.17) is 40.0 Å². The third kappa shape index (κ3) is 29.0. The first kappa shape index (κ1) is 109. The Morgan fingerprint density at radius 3 is 1.08 bits per heavy atom. The molecule has 34 heteroatoms. The van der Waals surface area contributed by atoms with Crippen LogP contribution >= 0.6 is 11.6 Å². The summed E-state index contributed by atoms with van der Waals surface area (Å²) in [6, 6.07) is 74.4. The van der Waals surface area contributed by atoms with Gasteiger partial charge in [0.2, 0.25) is 35.4 Å². The Bertz CT molecular complexity index is 6170. The topological polar surface area (TPSA) is 315 Å². The molecule has 9 aliphatic rings. The molecule has 30 nitrogen and oxygen atoms in total. The number of aryl methyl sites for hydroxylation is 1. The molecule has 790 valence electrons. The lowest BCUT2D eigenvalue weighted by atomic mass is 9.95. The first-order valence-corrected chi connectivity index (χ1v) is 52.2. The number of carbonyl (C=O) groups is 10. The number of fused-ring (bicyclic) bond motifs is 4. The van der Waals surface area contributed by atoms with Crippen molar-refractivity contribution in [2.75, 3.05) is 159 Å². The Balaban J connectivity index is 0.000000140. The van der Waals surface area contributed by atoms with E-state index in [-0.39, 0.29) is 113 Å². The molecule has 3 unspecified atom stereocenters. The van der Waals surface area contributed by atoms with E-state index in [9.17, 15) is 61.1 Å². The van der Waals surface area contributed by atoms with Gasteiger partial charge in [-0.2, -0.15) is 13.2 Å². The summed E-state index contributed by atoms with van der Waals surface area (Å²) in [5.74, 6) is 3.27. The number of nitrogens with one attached hydrogen (secondary N) is 5. The molecule has 150 heavy (non-hydrogen) atoms. The minimum Gasteiger partial charge on any atom is -0.497 e. The van der Waals surface area contributed by atoms with Gasteiger partial charge in [-0.3, -0.25) is 48.4 Å². The zero-order valence-corrected chi connectivity index (χ0v) is 86.3. The number of hydrogen-bond donors (Lipinski definition) is 5. The predicted molar refractivity (Wildman–Crippen MR) is 576 cm³/mol. The highest BCUT2D eigenvalue weighted by Crippen LogP contribution is 2.42. The number of nitrogens with zero attached hydrogens (tertiary/aromatic N) is 9. The van der Waals surface area contributed by atoms with E-state index in [1.807, 2.05) is 234 Å². The molecule has 0 aliphatic carbocycles. The number of ether oxygens (including phenoxy) is 6. The van der Waals surface area contributed by atoms with Gasteiger partial charge in [0.15, 0.2) is 0 Å². The molecule has 3 atom stereocenters. The number of piperidine rings is 5. The average molecular weight is 2070 g/mol.